The fraction of sp³-hybridized carbons (Fsp3) is 0.500. The minimum absolute atomic E-state index is 0.0331. The van der Waals surface area contributed by atoms with Crippen LogP contribution in [-0.2, 0) is 14.3 Å². The number of hydrogen-bond acceptors (Lipinski definition) is 6. The van der Waals surface area contributed by atoms with E-state index >= 15 is 0 Å². The number of nitrogens with zero attached hydrogens (tertiary/aromatic N) is 1. The molecule has 126 valence electrons. The van der Waals surface area contributed by atoms with Gasteiger partial charge in [-0.15, -0.1) is 0 Å². The number of rotatable bonds is 7. The molecule has 2 N–H and O–H groups in total. The molecular formula is C16H22N2O5. The van der Waals surface area contributed by atoms with Crippen molar-refractivity contribution in [1.29, 1.82) is 0 Å². The summed E-state index contributed by atoms with van der Waals surface area (Å²) in [5.41, 5.74) is 0. The number of β-amino-alcohol motifs (C(OH)–C–C–N with tert-alkyl or cyclic N) is 1. The highest BCUT2D eigenvalue weighted by molar-refractivity contribution is 5.87. The summed E-state index contributed by atoms with van der Waals surface area (Å²) in [6.07, 6.45) is -0.796. The van der Waals surface area contributed by atoms with Gasteiger partial charge < -0.3 is 19.9 Å². The average Bonchev–Trinajstić information content (AvgIpc) is 2.57. The van der Waals surface area contributed by atoms with Gasteiger partial charge >= 0.3 is 5.97 Å². The normalized spacial score (nSPS) is 19.7. The Hall–Kier alpha value is -2.12. The molecule has 1 heterocycles. The van der Waals surface area contributed by atoms with E-state index in [1.807, 2.05) is 18.2 Å². The van der Waals surface area contributed by atoms with Gasteiger partial charge in [-0.3, -0.25) is 14.5 Å². The van der Waals surface area contributed by atoms with E-state index < -0.39 is 18.1 Å². The quantitative estimate of drug-likeness (QED) is 0.676. The van der Waals surface area contributed by atoms with Crippen LogP contribution in [0.25, 0.3) is 0 Å². The summed E-state index contributed by atoms with van der Waals surface area (Å²) in [5, 5.41) is 12.9. The number of piperazine rings is 1. The Bertz CT molecular complexity index is 522. The Kier molecular flexibility index (Phi) is 6.37. The van der Waals surface area contributed by atoms with E-state index in [2.05, 4.69) is 10.1 Å². The molecule has 1 aliphatic heterocycles. The van der Waals surface area contributed by atoms with E-state index in [0.29, 0.717) is 18.8 Å². The largest absolute Gasteiger partial charge is 0.491 e. The third kappa shape index (κ3) is 5.22. The van der Waals surface area contributed by atoms with Crippen molar-refractivity contribution in [2.75, 3.05) is 33.4 Å². The minimum atomic E-state index is -0.763. The molecule has 1 saturated heterocycles. The van der Waals surface area contributed by atoms with Crippen LogP contribution in [-0.4, -0.2) is 67.4 Å². The van der Waals surface area contributed by atoms with Crippen molar-refractivity contribution in [2.24, 2.45) is 0 Å². The molecule has 2 atom stereocenters. The van der Waals surface area contributed by atoms with Crippen molar-refractivity contribution in [1.82, 2.24) is 10.2 Å². The highest BCUT2D eigenvalue weighted by Crippen LogP contribution is 2.12. The number of ether oxygens (including phenoxy) is 2. The van der Waals surface area contributed by atoms with Crippen molar-refractivity contribution in [2.45, 2.75) is 18.6 Å². The van der Waals surface area contributed by atoms with Gasteiger partial charge in [0.15, 0.2) is 0 Å². The molecule has 1 aliphatic rings. The first kappa shape index (κ1) is 17.2. The minimum Gasteiger partial charge on any atom is -0.491 e. The van der Waals surface area contributed by atoms with Gasteiger partial charge in [0.1, 0.15) is 18.5 Å². The summed E-state index contributed by atoms with van der Waals surface area (Å²) in [6.45, 7) is 1.42. The smallest absolute Gasteiger partial charge is 0.307 e. The van der Waals surface area contributed by atoms with Crippen LogP contribution in [0.4, 0.5) is 0 Å². The molecule has 1 amide bonds. The van der Waals surface area contributed by atoms with Crippen LogP contribution < -0.4 is 10.1 Å². The summed E-state index contributed by atoms with van der Waals surface area (Å²) >= 11 is 0. The first-order chi connectivity index (χ1) is 11.1. The second-order valence-electron chi connectivity index (χ2n) is 5.36. The summed E-state index contributed by atoms with van der Waals surface area (Å²) in [5.74, 6) is -0.000971. The summed E-state index contributed by atoms with van der Waals surface area (Å²) in [7, 11) is 1.29. The Morgan fingerprint density at radius 1 is 1.43 bits per heavy atom. The van der Waals surface area contributed by atoms with Crippen molar-refractivity contribution in [3.63, 3.8) is 0 Å². The fourth-order valence-corrected chi connectivity index (χ4v) is 2.48. The van der Waals surface area contributed by atoms with Gasteiger partial charge in [-0.1, -0.05) is 18.2 Å². The van der Waals surface area contributed by atoms with Crippen molar-refractivity contribution >= 4 is 11.9 Å². The van der Waals surface area contributed by atoms with Crippen LogP contribution in [0.15, 0.2) is 30.3 Å². The lowest BCUT2D eigenvalue weighted by atomic mass is 10.1. The van der Waals surface area contributed by atoms with Crippen LogP contribution in [0, 0.1) is 0 Å². The van der Waals surface area contributed by atoms with Crippen molar-refractivity contribution in [3.8, 4) is 5.75 Å². The van der Waals surface area contributed by atoms with Gasteiger partial charge in [0.2, 0.25) is 5.91 Å². The number of benzene rings is 1. The zero-order chi connectivity index (χ0) is 16.7. The Balaban J connectivity index is 1.87. The lowest BCUT2D eigenvalue weighted by Gasteiger charge is -2.35. The molecule has 1 fully saturated rings. The first-order valence-electron chi connectivity index (χ1n) is 7.54. The molecule has 0 saturated carbocycles. The summed E-state index contributed by atoms with van der Waals surface area (Å²) in [4.78, 5) is 25.2. The zero-order valence-corrected chi connectivity index (χ0v) is 13.1. The lowest BCUT2D eigenvalue weighted by Crippen LogP contribution is -2.57. The van der Waals surface area contributed by atoms with Crippen LogP contribution >= 0.6 is 0 Å². The molecule has 0 radical (unpaired) electrons. The molecule has 0 spiro atoms. The second-order valence-corrected chi connectivity index (χ2v) is 5.36. The number of carbonyl (C=O) groups excluding carboxylic acids is 2. The van der Waals surface area contributed by atoms with Crippen LogP contribution in [0.1, 0.15) is 6.42 Å². The molecular weight excluding hydrogens is 300 g/mol. The van der Waals surface area contributed by atoms with E-state index in [1.54, 1.807) is 17.0 Å². The predicted molar refractivity (Wildman–Crippen MR) is 82.9 cm³/mol. The SMILES string of the molecule is COC(=O)CC1C(=O)NCCN1CC(O)COc1ccccc1. The molecule has 2 rings (SSSR count). The number of para-hydroxylation sites is 1. The Morgan fingerprint density at radius 3 is 2.87 bits per heavy atom. The molecule has 1 aromatic carbocycles. The molecule has 7 heteroatoms. The van der Waals surface area contributed by atoms with Gasteiger partial charge in [-0.25, -0.2) is 0 Å². The third-order valence-electron chi connectivity index (χ3n) is 3.66. The Labute approximate surface area is 135 Å². The predicted octanol–water partition coefficient (Wildman–Crippen LogP) is -0.210. The van der Waals surface area contributed by atoms with Gasteiger partial charge in [0, 0.05) is 19.6 Å². The monoisotopic (exact) mass is 322 g/mol. The van der Waals surface area contributed by atoms with Crippen molar-refractivity contribution < 1.29 is 24.2 Å². The van der Waals surface area contributed by atoms with E-state index in [4.69, 9.17) is 4.74 Å². The summed E-state index contributed by atoms with van der Waals surface area (Å²) in [6, 6.07) is 8.57. The second kappa shape index (κ2) is 8.50. The van der Waals surface area contributed by atoms with Gasteiger partial charge in [-0.2, -0.15) is 0 Å². The van der Waals surface area contributed by atoms with Gasteiger partial charge in [0.05, 0.1) is 19.6 Å². The standard InChI is InChI=1S/C16H22N2O5/c1-22-15(20)9-14-16(21)17-7-8-18(14)10-12(19)11-23-13-5-3-2-4-6-13/h2-6,12,14,19H,7-11H2,1H3,(H,17,21). The van der Waals surface area contributed by atoms with E-state index in [0.717, 1.165) is 0 Å². The molecule has 1 aromatic rings. The zero-order valence-electron chi connectivity index (χ0n) is 13.1. The Morgan fingerprint density at radius 2 is 2.17 bits per heavy atom. The maximum absolute atomic E-state index is 11.9. The van der Waals surface area contributed by atoms with Crippen LogP contribution in [0.3, 0.4) is 0 Å². The molecule has 0 aliphatic carbocycles. The van der Waals surface area contributed by atoms with E-state index in [9.17, 15) is 14.7 Å². The third-order valence-corrected chi connectivity index (χ3v) is 3.66. The first-order valence-corrected chi connectivity index (χ1v) is 7.54. The highest BCUT2D eigenvalue weighted by Gasteiger charge is 2.33. The highest BCUT2D eigenvalue weighted by atomic mass is 16.5. The molecule has 7 nitrogen and oxygen atoms in total. The average molecular weight is 322 g/mol. The maximum Gasteiger partial charge on any atom is 0.307 e. The van der Waals surface area contributed by atoms with Crippen LogP contribution in [0.5, 0.6) is 5.75 Å². The van der Waals surface area contributed by atoms with Gasteiger partial charge in [-0.05, 0) is 12.1 Å². The number of esters is 1. The summed E-state index contributed by atoms with van der Waals surface area (Å²) < 4.78 is 10.1. The van der Waals surface area contributed by atoms with E-state index in [-0.39, 0.29) is 25.5 Å². The van der Waals surface area contributed by atoms with E-state index in [1.165, 1.54) is 7.11 Å². The topological polar surface area (TPSA) is 88.1 Å². The van der Waals surface area contributed by atoms with Crippen LogP contribution in [0.2, 0.25) is 0 Å². The maximum atomic E-state index is 11.9. The number of amides is 1. The molecule has 2 unspecified atom stereocenters. The van der Waals surface area contributed by atoms with Crippen molar-refractivity contribution in [3.05, 3.63) is 30.3 Å². The number of nitrogens with one attached hydrogen (secondary N) is 1. The lowest BCUT2D eigenvalue weighted by molar-refractivity contribution is -0.146. The fourth-order valence-electron chi connectivity index (χ4n) is 2.48. The van der Waals surface area contributed by atoms with Gasteiger partial charge in [0.25, 0.3) is 0 Å². The number of aliphatic hydroxyl groups excluding tert-OH is 1. The molecule has 23 heavy (non-hydrogen) atoms. The molecule has 0 bridgehead atoms. The number of methoxy groups -OCH3 is 1. The number of aliphatic hydroxyl groups is 1. The number of hydrogen-bond donors (Lipinski definition) is 2. The molecule has 0 aromatic heterocycles. The number of carbonyl (C=O) groups is 2.